The molecule has 0 aliphatic carbocycles. The van der Waals surface area contributed by atoms with Gasteiger partial charge in [-0.3, -0.25) is 4.18 Å². The third-order valence-corrected chi connectivity index (χ3v) is 4.12. The molecule has 0 fully saturated rings. The lowest BCUT2D eigenvalue weighted by molar-refractivity contribution is -0.0784. The smallest absolute Gasteiger partial charge is 0.297 e. The van der Waals surface area contributed by atoms with Gasteiger partial charge >= 0.3 is 0 Å². The molecule has 18 heavy (non-hydrogen) atoms. The SMILES string of the molecule is CC(C)[C@@](O)(CO)COS(=O)(=O)c1ccccc1. The first-order valence-electron chi connectivity index (χ1n) is 5.59. The molecule has 102 valence electrons. The molecule has 0 heterocycles. The van der Waals surface area contributed by atoms with E-state index < -0.39 is 28.9 Å². The van der Waals surface area contributed by atoms with Crippen LogP contribution in [-0.4, -0.2) is 37.4 Å². The van der Waals surface area contributed by atoms with Crippen molar-refractivity contribution in [2.75, 3.05) is 13.2 Å². The van der Waals surface area contributed by atoms with Crippen molar-refractivity contribution in [1.82, 2.24) is 0 Å². The molecule has 0 bridgehead atoms. The van der Waals surface area contributed by atoms with Crippen LogP contribution in [0.5, 0.6) is 0 Å². The summed E-state index contributed by atoms with van der Waals surface area (Å²) in [4.78, 5) is 0.0223. The summed E-state index contributed by atoms with van der Waals surface area (Å²) in [6.45, 7) is 2.32. The Morgan fingerprint density at radius 2 is 1.83 bits per heavy atom. The van der Waals surface area contributed by atoms with Crippen LogP contribution in [0.25, 0.3) is 0 Å². The first-order valence-corrected chi connectivity index (χ1v) is 7.00. The summed E-state index contributed by atoms with van der Waals surface area (Å²) in [6, 6.07) is 7.66. The van der Waals surface area contributed by atoms with Crippen molar-refractivity contribution in [2.45, 2.75) is 24.3 Å². The lowest BCUT2D eigenvalue weighted by atomic mass is 9.92. The van der Waals surface area contributed by atoms with Gasteiger partial charge in [0.25, 0.3) is 10.1 Å². The number of aliphatic hydroxyl groups is 2. The van der Waals surface area contributed by atoms with E-state index in [0.29, 0.717) is 0 Å². The van der Waals surface area contributed by atoms with E-state index in [2.05, 4.69) is 0 Å². The lowest BCUT2D eigenvalue weighted by Crippen LogP contribution is -2.44. The van der Waals surface area contributed by atoms with Gasteiger partial charge in [0.15, 0.2) is 0 Å². The number of hydrogen-bond acceptors (Lipinski definition) is 5. The fourth-order valence-corrected chi connectivity index (χ4v) is 2.22. The van der Waals surface area contributed by atoms with Crippen molar-refractivity contribution in [1.29, 1.82) is 0 Å². The molecule has 0 radical (unpaired) electrons. The fourth-order valence-electron chi connectivity index (χ4n) is 1.23. The van der Waals surface area contributed by atoms with Crippen LogP contribution in [0.3, 0.4) is 0 Å². The first kappa shape index (κ1) is 15.1. The van der Waals surface area contributed by atoms with Crippen LogP contribution in [-0.2, 0) is 14.3 Å². The predicted molar refractivity (Wildman–Crippen MR) is 66.5 cm³/mol. The van der Waals surface area contributed by atoms with Crippen molar-refractivity contribution in [3.05, 3.63) is 30.3 Å². The van der Waals surface area contributed by atoms with Gasteiger partial charge in [0.05, 0.1) is 18.1 Å². The van der Waals surface area contributed by atoms with Gasteiger partial charge in [0.2, 0.25) is 0 Å². The van der Waals surface area contributed by atoms with E-state index >= 15 is 0 Å². The topological polar surface area (TPSA) is 83.8 Å². The Labute approximate surface area is 107 Å². The molecule has 0 saturated heterocycles. The molecule has 1 atom stereocenters. The number of aliphatic hydroxyl groups excluding tert-OH is 1. The first-order chi connectivity index (χ1) is 8.32. The third kappa shape index (κ3) is 3.52. The zero-order chi connectivity index (χ0) is 13.8. The van der Waals surface area contributed by atoms with Gasteiger partial charge in [0, 0.05) is 0 Å². The van der Waals surface area contributed by atoms with E-state index in [-0.39, 0.29) is 10.8 Å². The van der Waals surface area contributed by atoms with Gasteiger partial charge in [-0.15, -0.1) is 0 Å². The Hall–Kier alpha value is -0.950. The molecule has 1 aromatic carbocycles. The van der Waals surface area contributed by atoms with Crippen molar-refractivity contribution in [2.24, 2.45) is 5.92 Å². The normalized spacial score (nSPS) is 15.6. The third-order valence-electron chi connectivity index (χ3n) is 2.84. The fraction of sp³-hybridized carbons (Fsp3) is 0.500. The van der Waals surface area contributed by atoms with Gasteiger partial charge in [-0.05, 0) is 18.1 Å². The predicted octanol–water partition coefficient (Wildman–Crippen LogP) is 0.771. The van der Waals surface area contributed by atoms with Crippen LogP contribution >= 0.6 is 0 Å². The van der Waals surface area contributed by atoms with Gasteiger partial charge in [-0.2, -0.15) is 8.42 Å². The number of hydrogen-bond donors (Lipinski definition) is 2. The highest BCUT2D eigenvalue weighted by Crippen LogP contribution is 2.20. The lowest BCUT2D eigenvalue weighted by Gasteiger charge is -2.29. The minimum Gasteiger partial charge on any atom is -0.393 e. The highest BCUT2D eigenvalue weighted by Gasteiger charge is 2.33. The summed E-state index contributed by atoms with van der Waals surface area (Å²) in [6.07, 6.45) is 0. The highest BCUT2D eigenvalue weighted by molar-refractivity contribution is 7.86. The van der Waals surface area contributed by atoms with E-state index in [4.69, 9.17) is 9.29 Å². The second-order valence-electron chi connectivity index (χ2n) is 4.45. The Morgan fingerprint density at radius 1 is 1.28 bits per heavy atom. The van der Waals surface area contributed by atoms with Crippen molar-refractivity contribution >= 4 is 10.1 Å². The Kier molecular flexibility index (Phi) is 4.86. The molecule has 5 nitrogen and oxygen atoms in total. The molecule has 0 aliphatic heterocycles. The molecule has 6 heteroatoms. The molecule has 0 aliphatic rings. The van der Waals surface area contributed by atoms with E-state index in [1.54, 1.807) is 32.0 Å². The van der Waals surface area contributed by atoms with Crippen molar-refractivity contribution in [3.63, 3.8) is 0 Å². The van der Waals surface area contributed by atoms with E-state index in [9.17, 15) is 13.5 Å². The highest BCUT2D eigenvalue weighted by atomic mass is 32.2. The van der Waals surface area contributed by atoms with Gasteiger partial charge in [-0.1, -0.05) is 32.0 Å². The molecule has 2 N–H and O–H groups in total. The van der Waals surface area contributed by atoms with Crippen LogP contribution in [0.2, 0.25) is 0 Å². The van der Waals surface area contributed by atoms with Gasteiger partial charge in [-0.25, -0.2) is 0 Å². The van der Waals surface area contributed by atoms with E-state index in [1.165, 1.54) is 12.1 Å². The Morgan fingerprint density at radius 3 is 2.28 bits per heavy atom. The molecule has 0 unspecified atom stereocenters. The average molecular weight is 274 g/mol. The maximum absolute atomic E-state index is 11.8. The largest absolute Gasteiger partial charge is 0.393 e. The summed E-state index contributed by atoms with van der Waals surface area (Å²) in [5, 5.41) is 19.1. The van der Waals surface area contributed by atoms with Crippen molar-refractivity contribution < 1.29 is 22.8 Å². The van der Waals surface area contributed by atoms with Crippen LogP contribution in [0.4, 0.5) is 0 Å². The minimum atomic E-state index is -3.91. The zero-order valence-electron chi connectivity index (χ0n) is 10.4. The zero-order valence-corrected chi connectivity index (χ0v) is 11.2. The standard InChI is InChI=1S/C12H18O5S/c1-10(2)12(14,8-13)9-17-18(15,16)11-6-4-3-5-7-11/h3-7,10,13-14H,8-9H2,1-2H3/t12-/m1/s1. The number of rotatable bonds is 6. The van der Waals surface area contributed by atoms with E-state index in [1.807, 2.05) is 0 Å². The monoisotopic (exact) mass is 274 g/mol. The quantitative estimate of drug-likeness (QED) is 0.749. The minimum absolute atomic E-state index is 0.0223. The molecule has 0 saturated carbocycles. The van der Waals surface area contributed by atoms with E-state index in [0.717, 1.165) is 0 Å². The Balaban J connectivity index is 2.80. The summed E-state index contributed by atoms with van der Waals surface area (Å²) in [5.74, 6) is -0.325. The number of benzene rings is 1. The maximum atomic E-state index is 11.8. The van der Waals surface area contributed by atoms with Crippen LogP contribution in [0, 0.1) is 5.92 Å². The maximum Gasteiger partial charge on any atom is 0.297 e. The molecule has 0 amide bonds. The summed E-state index contributed by atoms with van der Waals surface area (Å²) in [5.41, 5.74) is -1.57. The van der Waals surface area contributed by atoms with Gasteiger partial charge < -0.3 is 10.2 Å². The summed E-state index contributed by atoms with van der Waals surface area (Å²) < 4.78 is 28.4. The second-order valence-corrected chi connectivity index (χ2v) is 6.06. The summed E-state index contributed by atoms with van der Waals surface area (Å²) >= 11 is 0. The molecule has 0 spiro atoms. The van der Waals surface area contributed by atoms with Crippen LogP contribution < -0.4 is 0 Å². The summed E-state index contributed by atoms with van der Waals surface area (Å²) in [7, 11) is -3.91. The molecule has 1 rings (SSSR count). The Bertz CT molecular complexity index is 469. The van der Waals surface area contributed by atoms with Crippen LogP contribution in [0.1, 0.15) is 13.8 Å². The van der Waals surface area contributed by atoms with Crippen LogP contribution in [0.15, 0.2) is 35.2 Å². The second kappa shape index (κ2) is 5.79. The molecular formula is C12H18O5S. The average Bonchev–Trinajstić information content (AvgIpc) is 2.37. The molecule has 1 aromatic rings. The molecule has 0 aromatic heterocycles. The molecular weight excluding hydrogens is 256 g/mol. The van der Waals surface area contributed by atoms with Gasteiger partial charge in [0.1, 0.15) is 5.60 Å². The van der Waals surface area contributed by atoms with Crippen molar-refractivity contribution in [3.8, 4) is 0 Å².